The van der Waals surface area contributed by atoms with Crippen LogP contribution in [0.25, 0.3) is 0 Å². The number of hydrogen-bond donors (Lipinski definition) is 1. The summed E-state index contributed by atoms with van der Waals surface area (Å²) in [5.41, 5.74) is 0. The molecule has 0 saturated carbocycles. The molecule has 17 heavy (non-hydrogen) atoms. The van der Waals surface area contributed by atoms with Crippen molar-refractivity contribution in [3.05, 3.63) is 0 Å². The van der Waals surface area contributed by atoms with Crippen molar-refractivity contribution >= 4 is 0 Å². The van der Waals surface area contributed by atoms with E-state index in [9.17, 15) is 5.11 Å². The van der Waals surface area contributed by atoms with Gasteiger partial charge in [-0.2, -0.15) is 0 Å². The average molecular weight is 242 g/mol. The van der Waals surface area contributed by atoms with Gasteiger partial charge in [-0.15, -0.1) is 0 Å². The zero-order valence-corrected chi connectivity index (χ0v) is 11.3. The molecule has 0 radical (unpaired) electrons. The van der Waals surface area contributed by atoms with Crippen LogP contribution in [0.2, 0.25) is 0 Å². The van der Waals surface area contributed by atoms with E-state index in [2.05, 4.69) is 30.8 Å². The van der Waals surface area contributed by atoms with Gasteiger partial charge in [-0.1, -0.05) is 0 Å². The van der Waals surface area contributed by atoms with Crippen LogP contribution in [0.3, 0.4) is 0 Å². The van der Waals surface area contributed by atoms with Crippen LogP contribution in [0.4, 0.5) is 0 Å². The first-order valence-corrected chi connectivity index (χ1v) is 6.77. The minimum absolute atomic E-state index is 0.154. The first-order chi connectivity index (χ1) is 8.04. The standard InChI is InChI=1S/C13H26N2O2/c1-10-4-5-13(17-10)9-15-8-12(16)6-11(15)7-14(2)3/h10-13,16H,4-9H2,1-3H3. The summed E-state index contributed by atoms with van der Waals surface area (Å²) in [6.07, 6.45) is 3.89. The molecule has 2 aliphatic rings. The van der Waals surface area contributed by atoms with Crippen LogP contribution >= 0.6 is 0 Å². The third-order valence-electron chi connectivity index (χ3n) is 3.84. The van der Waals surface area contributed by atoms with Crippen molar-refractivity contribution < 1.29 is 9.84 Å². The Bertz CT molecular complexity index is 248. The van der Waals surface area contributed by atoms with E-state index in [1.165, 1.54) is 12.8 Å². The smallest absolute Gasteiger partial charge is 0.0706 e. The molecule has 0 aromatic heterocycles. The lowest BCUT2D eigenvalue weighted by Gasteiger charge is -2.28. The topological polar surface area (TPSA) is 35.9 Å². The van der Waals surface area contributed by atoms with Crippen LogP contribution in [0.15, 0.2) is 0 Å². The van der Waals surface area contributed by atoms with Crippen LogP contribution in [0, 0.1) is 0 Å². The van der Waals surface area contributed by atoms with Crippen LogP contribution in [0.1, 0.15) is 26.2 Å². The van der Waals surface area contributed by atoms with Gasteiger partial charge >= 0.3 is 0 Å². The second kappa shape index (κ2) is 5.65. The molecule has 1 N–H and O–H groups in total. The van der Waals surface area contributed by atoms with Crippen molar-refractivity contribution in [1.82, 2.24) is 9.80 Å². The predicted octanol–water partition coefficient (Wildman–Crippen LogP) is 0.551. The van der Waals surface area contributed by atoms with E-state index in [-0.39, 0.29) is 6.10 Å². The first-order valence-electron chi connectivity index (χ1n) is 6.77. The maximum Gasteiger partial charge on any atom is 0.0706 e. The predicted molar refractivity (Wildman–Crippen MR) is 68.1 cm³/mol. The molecule has 2 fully saturated rings. The third kappa shape index (κ3) is 3.65. The van der Waals surface area contributed by atoms with Crippen LogP contribution in [-0.2, 0) is 4.74 Å². The molecule has 4 atom stereocenters. The second-order valence-electron chi connectivity index (χ2n) is 5.91. The van der Waals surface area contributed by atoms with Gasteiger partial charge in [0.25, 0.3) is 0 Å². The fourth-order valence-corrected chi connectivity index (χ4v) is 3.07. The molecular formula is C13H26N2O2. The van der Waals surface area contributed by atoms with Gasteiger partial charge in [0.05, 0.1) is 18.3 Å². The van der Waals surface area contributed by atoms with Gasteiger partial charge in [-0.05, 0) is 40.3 Å². The monoisotopic (exact) mass is 242 g/mol. The van der Waals surface area contributed by atoms with Gasteiger partial charge in [0.2, 0.25) is 0 Å². The number of β-amino-alcohol motifs (C(OH)–C–C–N with tert-alkyl or cyclic N) is 1. The maximum absolute atomic E-state index is 9.81. The Morgan fingerprint density at radius 1 is 1.35 bits per heavy atom. The number of nitrogens with zero attached hydrogens (tertiary/aromatic N) is 2. The first kappa shape index (κ1) is 13.3. The second-order valence-corrected chi connectivity index (χ2v) is 5.91. The number of likely N-dealkylation sites (tertiary alicyclic amines) is 1. The number of likely N-dealkylation sites (N-methyl/N-ethyl adjacent to an activating group) is 1. The van der Waals surface area contributed by atoms with Crippen molar-refractivity contribution in [2.24, 2.45) is 0 Å². The Hall–Kier alpha value is -0.160. The van der Waals surface area contributed by atoms with Gasteiger partial charge in [0.1, 0.15) is 0 Å². The third-order valence-corrected chi connectivity index (χ3v) is 3.84. The minimum atomic E-state index is -0.154. The van der Waals surface area contributed by atoms with Crippen molar-refractivity contribution in [2.45, 2.75) is 50.5 Å². The molecule has 2 heterocycles. The summed E-state index contributed by atoms with van der Waals surface area (Å²) in [4.78, 5) is 4.61. The highest BCUT2D eigenvalue weighted by atomic mass is 16.5. The van der Waals surface area contributed by atoms with E-state index in [1.54, 1.807) is 0 Å². The summed E-state index contributed by atoms with van der Waals surface area (Å²) >= 11 is 0. The Balaban J connectivity index is 1.85. The van der Waals surface area contributed by atoms with Gasteiger partial charge in [0.15, 0.2) is 0 Å². The van der Waals surface area contributed by atoms with Crippen molar-refractivity contribution in [3.63, 3.8) is 0 Å². The van der Waals surface area contributed by atoms with E-state index in [0.717, 1.165) is 26.1 Å². The zero-order chi connectivity index (χ0) is 12.4. The number of hydrogen-bond acceptors (Lipinski definition) is 4. The van der Waals surface area contributed by atoms with E-state index in [4.69, 9.17) is 4.74 Å². The van der Waals surface area contributed by atoms with E-state index in [0.29, 0.717) is 18.2 Å². The fraction of sp³-hybridized carbons (Fsp3) is 1.00. The number of aliphatic hydroxyl groups excluding tert-OH is 1. The van der Waals surface area contributed by atoms with Crippen LogP contribution in [-0.4, -0.2) is 73.0 Å². The average Bonchev–Trinajstić information content (AvgIpc) is 2.74. The van der Waals surface area contributed by atoms with Gasteiger partial charge in [0, 0.05) is 25.7 Å². The normalized spacial score (nSPS) is 39.4. The van der Waals surface area contributed by atoms with Gasteiger partial charge < -0.3 is 14.7 Å². The maximum atomic E-state index is 9.81. The van der Waals surface area contributed by atoms with E-state index in [1.807, 2.05) is 0 Å². The summed E-state index contributed by atoms with van der Waals surface area (Å²) in [6, 6.07) is 0.486. The summed E-state index contributed by atoms with van der Waals surface area (Å²) in [5, 5.41) is 9.81. The molecule has 0 spiro atoms. The number of aliphatic hydroxyl groups is 1. The van der Waals surface area contributed by atoms with Crippen LogP contribution in [0.5, 0.6) is 0 Å². The summed E-state index contributed by atoms with van der Waals surface area (Å²) in [5.74, 6) is 0. The molecule has 2 saturated heterocycles. The molecule has 4 nitrogen and oxygen atoms in total. The fourth-order valence-electron chi connectivity index (χ4n) is 3.07. The lowest BCUT2D eigenvalue weighted by Crippen LogP contribution is -2.41. The number of ether oxygens (including phenoxy) is 1. The van der Waals surface area contributed by atoms with Crippen molar-refractivity contribution in [3.8, 4) is 0 Å². The molecule has 0 aliphatic carbocycles. The van der Waals surface area contributed by atoms with Gasteiger partial charge in [-0.25, -0.2) is 0 Å². The Kier molecular flexibility index (Phi) is 4.42. The Morgan fingerprint density at radius 3 is 2.71 bits per heavy atom. The Labute approximate surface area is 105 Å². The lowest BCUT2D eigenvalue weighted by molar-refractivity contribution is 0.0250. The lowest BCUT2D eigenvalue weighted by atomic mass is 10.1. The van der Waals surface area contributed by atoms with Crippen LogP contribution < -0.4 is 0 Å². The summed E-state index contributed by atoms with van der Waals surface area (Å²) in [6.45, 7) is 4.97. The summed E-state index contributed by atoms with van der Waals surface area (Å²) in [7, 11) is 4.19. The van der Waals surface area contributed by atoms with Crippen molar-refractivity contribution in [1.29, 1.82) is 0 Å². The van der Waals surface area contributed by atoms with Crippen molar-refractivity contribution in [2.75, 3.05) is 33.7 Å². The molecule has 0 aromatic carbocycles. The number of rotatable bonds is 4. The van der Waals surface area contributed by atoms with Gasteiger partial charge in [-0.3, -0.25) is 4.90 Å². The molecule has 2 aliphatic heterocycles. The largest absolute Gasteiger partial charge is 0.392 e. The van der Waals surface area contributed by atoms with E-state index < -0.39 is 0 Å². The molecule has 0 aromatic rings. The van der Waals surface area contributed by atoms with E-state index >= 15 is 0 Å². The molecule has 4 unspecified atom stereocenters. The highest BCUT2D eigenvalue weighted by Crippen LogP contribution is 2.24. The molecule has 0 amide bonds. The summed E-state index contributed by atoms with van der Waals surface area (Å²) < 4.78 is 5.87. The molecule has 2 rings (SSSR count). The highest BCUT2D eigenvalue weighted by molar-refractivity contribution is 4.88. The molecule has 100 valence electrons. The molecule has 4 heteroatoms. The highest BCUT2D eigenvalue weighted by Gasteiger charge is 2.34. The Morgan fingerprint density at radius 2 is 2.12 bits per heavy atom. The minimum Gasteiger partial charge on any atom is -0.392 e. The quantitative estimate of drug-likeness (QED) is 0.781. The SMILES string of the molecule is CC1CCC(CN2CC(O)CC2CN(C)C)O1. The molecular weight excluding hydrogens is 216 g/mol. The molecule has 0 bridgehead atoms. The zero-order valence-electron chi connectivity index (χ0n) is 11.3.